The van der Waals surface area contributed by atoms with Gasteiger partial charge in [0.25, 0.3) is 0 Å². The highest BCUT2D eigenvalue weighted by Gasteiger charge is 2.31. The summed E-state index contributed by atoms with van der Waals surface area (Å²) in [5.74, 6) is 0.777. The molecule has 0 heterocycles. The molecule has 3 heteroatoms. The van der Waals surface area contributed by atoms with Gasteiger partial charge in [-0.25, -0.2) is 0 Å². The zero-order valence-corrected chi connectivity index (χ0v) is 9.79. The van der Waals surface area contributed by atoms with Crippen molar-refractivity contribution in [2.75, 3.05) is 13.1 Å². The molecule has 2 N–H and O–H groups in total. The maximum absolute atomic E-state index is 10.2. The van der Waals surface area contributed by atoms with Gasteiger partial charge in [0.15, 0.2) is 0 Å². The summed E-state index contributed by atoms with van der Waals surface area (Å²) in [6.07, 6.45) is 4.02. The quantitative estimate of drug-likeness (QED) is 0.742. The van der Waals surface area contributed by atoms with Crippen LogP contribution in [0, 0.1) is 23.2 Å². The minimum atomic E-state index is -0.526. The molecule has 1 rings (SSSR count). The van der Waals surface area contributed by atoms with Crippen molar-refractivity contribution < 1.29 is 5.11 Å². The first kappa shape index (κ1) is 12.5. The summed E-state index contributed by atoms with van der Waals surface area (Å²) in [6.45, 7) is 5.44. The van der Waals surface area contributed by atoms with Crippen LogP contribution in [0.25, 0.3) is 0 Å². The Bertz CT molecular complexity index is 226. The van der Waals surface area contributed by atoms with Gasteiger partial charge in [0, 0.05) is 13.1 Å². The van der Waals surface area contributed by atoms with Gasteiger partial charge in [-0.3, -0.25) is 0 Å². The Balaban J connectivity index is 2.23. The molecule has 0 aromatic carbocycles. The number of rotatable bonds is 4. The minimum Gasteiger partial charge on any atom is -0.389 e. The van der Waals surface area contributed by atoms with Crippen molar-refractivity contribution in [3.63, 3.8) is 0 Å². The van der Waals surface area contributed by atoms with E-state index in [-0.39, 0.29) is 5.92 Å². The van der Waals surface area contributed by atoms with Crippen molar-refractivity contribution in [2.24, 2.45) is 11.8 Å². The lowest BCUT2D eigenvalue weighted by molar-refractivity contribution is -0.00620. The average molecular weight is 210 g/mol. The third-order valence-electron chi connectivity index (χ3n) is 3.33. The molecule has 3 nitrogen and oxygen atoms in total. The van der Waals surface area contributed by atoms with E-state index < -0.39 is 5.60 Å². The topological polar surface area (TPSA) is 56.0 Å². The van der Waals surface area contributed by atoms with Crippen molar-refractivity contribution in [3.8, 4) is 6.07 Å². The number of hydrogen-bond acceptors (Lipinski definition) is 3. The van der Waals surface area contributed by atoms with E-state index in [4.69, 9.17) is 5.26 Å². The molecule has 0 aliphatic heterocycles. The number of aliphatic hydroxyl groups is 1. The second kappa shape index (κ2) is 5.48. The molecular weight excluding hydrogens is 188 g/mol. The van der Waals surface area contributed by atoms with Crippen LogP contribution in [0.5, 0.6) is 0 Å². The molecule has 0 bridgehead atoms. The van der Waals surface area contributed by atoms with Crippen molar-refractivity contribution >= 4 is 0 Å². The van der Waals surface area contributed by atoms with Crippen LogP contribution in [0.4, 0.5) is 0 Å². The molecule has 1 unspecified atom stereocenters. The lowest BCUT2D eigenvalue weighted by Crippen LogP contribution is -2.44. The Morgan fingerprint density at radius 2 is 2.13 bits per heavy atom. The Morgan fingerprint density at radius 3 is 2.67 bits per heavy atom. The van der Waals surface area contributed by atoms with Crippen LogP contribution >= 0.6 is 0 Å². The zero-order chi connectivity index (χ0) is 11.3. The SMILES string of the molecule is CC(C#N)CNCC1(O)CCC(C)CC1. The first-order valence-electron chi connectivity index (χ1n) is 5.88. The van der Waals surface area contributed by atoms with Crippen LogP contribution in [0.1, 0.15) is 39.5 Å². The highest BCUT2D eigenvalue weighted by molar-refractivity contribution is 4.88. The van der Waals surface area contributed by atoms with Crippen molar-refractivity contribution in [3.05, 3.63) is 0 Å². The van der Waals surface area contributed by atoms with E-state index in [1.54, 1.807) is 0 Å². The molecule has 1 saturated carbocycles. The van der Waals surface area contributed by atoms with E-state index in [9.17, 15) is 5.11 Å². The predicted octanol–water partition coefficient (Wildman–Crippen LogP) is 1.68. The van der Waals surface area contributed by atoms with Crippen LogP contribution in [0.3, 0.4) is 0 Å². The van der Waals surface area contributed by atoms with Gasteiger partial charge >= 0.3 is 0 Å². The maximum atomic E-state index is 10.2. The van der Waals surface area contributed by atoms with Crippen molar-refractivity contribution in [2.45, 2.75) is 45.1 Å². The van der Waals surface area contributed by atoms with Gasteiger partial charge in [0.05, 0.1) is 17.6 Å². The van der Waals surface area contributed by atoms with Gasteiger partial charge in [-0.05, 0) is 38.5 Å². The van der Waals surface area contributed by atoms with E-state index in [1.165, 1.54) is 0 Å². The average Bonchev–Trinajstić information content (AvgIpc) is 2.23. The van der Waals surface area contributed by atoms with E-state index in [0.717, 1.165) is 31.6 Å². The van der Waals surface area contributed by atoms with Gasteiger partial charge < -0.3 is 10.4 Å². The third-order valence-corrected chi connectivity index (χ3v) is 3.33. The Hall–Kier alpha value is -0.590. The Kier molecular flexibility index (Phi) is 4.56. The summed E-state index contributed by atoms with van der Waals surface area (Å²) in [6, 6.07) is 2.18. The molecule has 1 aliphatic carbocycles. The minimum absolute atomic E-state index is 0.0242. The summed E-state index contributed by atoms with van der Waals surface area (Å²) in [4.78, 5) is 0. The number of nitriles is 1. The molecule has 1 atom stereocenters. The molecule has 1 aliphatic rings. The van der Waals surface area contributed by atoms with Crippen LogP contribution < -0.4 is 5.32 Å². The smallest absolute Gasteiger partial charge is 0.0771 e. The molecule has 0 saturated heterocycles. The molecule has 86 valence electrons. The molecule has 15 heavy (non-hydrogen) atoms. The molecular formula is C12H22N2O. The lowest BCUT2D eigenvalue weighted by Gasteiger charge is -2.35. The predicted molar refractivity (Wildman–Crippen MR) is 60.2 cm³/mol. The summed E-state index contributed by atoms with van der Waals surface area (Å²) < 4.78 is 0. The molecule has 0 radical (unpaired) electrons. The second-order valence-corrected chi connectivity index (χ2v) is 5.07. The zero-order valence-electron chi connectivity index (χ0n) is 9.79. The van der Waals surface area contributed by atoms with Crippen molar-refractivity contribution in [1.29, 1.82) is 5.26 Å². The first-order valence-corrected chi connectivity index (χ1v) is 5.88. The Morgan fingerprint density at radius 1 is 1.53 bits per heavy atom. The highest BCUT2D eigenvalue weighted by Crippen LogP contribution is 2.31. The van der Waals surface area contributed by atoms with E-state index in [2.05, 4.69) is 18.3 Å². The maximum Gasteiger partial charge on any atom is 0.0771 e. The number of nitrogens with one attached hydrogen (secondary N) is 1. The summed E-state index contributed by atoms with van der Waals surface area (Å²) in [7, 11) is 0. The molecule has 0 amide bonds. The standard InChI is InChI=1S/C12H22N2O/c1-10-3-5-12(15,6-4-10)9-14-8-11(2)7-13/h10-11,14-15H,3-6,8-9H2,1-2H3. The van der Waals surface area contributed by atoms with E-state index >= 15 is 0 Å². The van der Waals surface area contributed by atoms with Gasteiger partial charge in [0.2, 0.25) is 0 Å². The molecule has 0 aromatic rings. The van der Waals surface area contributed by atoms with Gasteiger partial charge in [-0.2, -0.15) is 5.26 Å². The third kappa shape index (κ3) is 4.19. The van der Waals surface area contributed by atoms with E-state index in [0.29, 0.717) is 13.1 Å². The van der Waals surface area contributed by atoms with Crippen LogP contribution in [0.15, 0.2) is 0 Å². The van der Waals surface area contributed by atoms with Crippen LogP contribution in [-0.2, 0) is 0 Å². The number of hydrogen-bond donors (Lipinski definition) is 2. The van der Waals surface area contributed by atoms with Crippen LogP contribution in [0.2, 0.25) is 0 Å². The van der Waals surface area contributed by atoms with Gasteiger partial charge in [0.1, 0.15) is 0 Å². The first-order chi connectivity index (χ1) is 7.06. The molecule has 0 aromatic heterocycles. The van der Waals surface area contributed by atoms with Crippen molar-refractivity contribution in [1.82, 2.24) is 5.32 Å². The van der Waals surface area contributed by atoms with E-state index in [1.807, 2.05) is 6.92 Å². The number of nitrogens with zero attached hydrogens (tertiary/aromatic N) is 1. The summed E-state index contributed by atoms with van der Waals surface area (Å²) in [5.41, 5.74) is -0.526. The summed E-state index contributed by atoms with van der Waals surface area (Å²) in [5, 5.41) is 22.0. The fourth-order valence-electron chi connectivity index (χ4n) is 2.04. The van der Waals surface area contributed by atoms with Gasteiger partial charge in [-0.15, -0.1) is 0 Å². The van der Waals surface area contributed by atoms with Gasteiger partial charge in [-0.1, -0.05) is 6.92 Å². The molecule has 1 fully saturated rings. The Labute approximate surface area is 92.5 Å². The van der Waals surface area contributed by atoms with Crippen LogP contribution in [-0.4, -0.2) is 23.8 Å². The second-order valence-electron chi connectivity index (χ2n) is 5.07. The largest absolute Gasteiger partial charge is 0.389 e. The normalized spacial score (nSPS) is 33.3. The lowest BCUT2D eigenvalue weighted by atomic mass is 9.79. The monoisotopic (exact) mass is 210 g/mol. The molecule has 0 spiro atoms. The highest BCUT2D eigenvalue weighted by atomic mass is 16.3. The summed E-state index contributed by atoms with van der Waals surface area (Å²) >= 11 is 0. The fraction of sp³-hybridized carbons (Fsp3) is 0.917. The fourth-order valence-corrected chi connectivity index (χ4v) is 2.04.